The summed E-state index contributed by atoms with van der Waals surface area (Å²) in [6.07, 6.45) is 17.2. The third-order valence-corrected chi connectivity index (χ3v) is 19.3. The third kappa shape index (κ3) is 17.7. The molecule has 0 spiro atoms. The van der Waals surface area contributed by atoms with Crippen molar-refractivity contribution in [3.63, 3.8) is 0 Å². The molecule has 0 radical (unpaired) electrons. The van der Waals surface area contributed by atoms with E-state index in [-0.39, 0.29) is 48.8 Å². The molecular formula is C78H80Cl4N10O6. The molecule has 16 nitrogen and oxygen atoms in total. The second-order valence-electron chi connectivity index (χ2n) is 25.0. The maximum absolute atomic E-state index is 13.6. The van der Waals surface area contributed by atoms with Crippen LogP contribution in [0, 0.1) is 0 Å². The Labute approximate surface area is 591 Å². The summed E-state index contributed by atoms with van der Waals surface area (Å²) in [6, 6.07) is 52.6. The molecule has 3 aliphatic carbocycles. The van der Waals surface area contributed by atoms with Gasteiger partial charge in [0, 0.05) is 61.2 Å². The van der Waals surface area contributed by atoms with Gasteiger partial charge in [-0.25, -0.2) is 4.68 Å². The molecule has 6 aromatic carbocycles. The van der Waals surface area contributed by atoms with Gasteiger partial charge in [-0.2, -0.15) is 15.3 Å². The normalized spacial score (nSPS) is 16.3. The van der Waals surface area contributed by atoms with Crippen LogP contribution in [0.2, 0.25) is 20.1 Å². The molecule has 0 saturated carbocycles. The van der Waals surface area contributed by atoms with Crippen LogP contribution < -0.4 is 20.7 Å². The van der Waals surface area contributed by atoms with E-state index in [1.165, 1.54) is 11.1 Å². The molecular weight excluding hydrogens is 1310 g/mol. The Morgan fingerprint density at radius 3 is 1.59 bits per heavy atom. The first-order valence-corrected chi connectivity index (χ1v) is 35.0. The van der Waals surface area contributed by atoms with Crippen molar-refractivity contribution in [2.24, 2.45) is 0 Å². The summed E-state index contributed by atoms with van der Waals surface area (Å²) in [4.78, 5) is 44.1. The number of rotatable bonds is 18. The van der Waals surface area contributed by atoms with E-state index in [1.54, 1.807) is 30.1 Å². The van der Waals surface area contributed by atoms with Gasteiger partial charge in [0.25, 0.3) is 17.7 Å². The number of hydrogen-bond acceptors (Lipinski definition) is 10. The highest BCUT2D eigenvalue weighted by Gasteiger charge is 2.32. The van der Waals surface area contributed by atoms with Crippen LogP contribution >= 0.6 is 46.4 Å². The number of aromatic nitrogens is 7. The molecule has 0 bridgehead atoms. The molecule has 0 saturated heterocycles. The minimum Gasteiger partial charge on any atom is -0.497 e. The average molecular weight is 1400 g/mol. The van der Waals surface area contributed by atoms with Crippen molar-refractivity contribution in [2.75, 3.05) is 20.3 Å². The Bertz CT molecular complexity index is 4190. The van der Waals surface area contributed by atoms with Crippen molar-refractivity contribution in [1.82, 2.24) is 51.1 Å². The zero-order chi connectivity index (χ0) is 68.5. The minimum atomic E-state index is -0.459. The number of ether oxygens (including phenoxy) is 1. The number of hydrogen-bond donors (Lipinski definition) is 7. The molecule has 4 heterocycles. The van der Waals surface area contributed by atoms with E-state index in [2.05, 4.69) is 59.5 Å². The lowest BCUT2D eigenvalue weighted by atomic mass is 9.91. The van der Waals surface area contributed by atoms with Gasteiger partial charge in [-0.05, 0) is 190 Å². The minimum absolute atomic E-state index is 0.167. The van der Waals surface area contributed by atoms with Gasteiger partial charge in [0.05, 0.1) is 60.5 Å². The first kappa shape index (κ1) is 70.4. The standard InChI is InChI=1S/C30H28Cl2N4O2.2C24H26ClN3O2/c1-19(26-9-5-6-16-33-26)34-30(37)28-24-8-4-3-7-21(17-20-10-13-23(38-2)14-11-20)29(24)36(35-28)27-15-12-22(31)18-25(27)32;2*25-19-11-6-7-16(14-19)13-18-10-4-5-12-20-22(18)27-28-23(20)24(30)26-21(15-29)17-8-2-1-3-9-17/h5-6,9-19H,3-4,7-8H2,1-2H3,(H,34,37);2*1-3,6-9,11,14,18,21,29H,4-5,10,12-13,15H2,(H,26,30)(H,27,28)/b21-17+;;/t19-;18-,21+;18-,21-/m110/s1. The highest BCUT2D eigenvalue weighted by Crippen LogP contribution is 2.39. The fourth-order valence-electron chi connectivity index (χ4n) is 13.4. The van der Waals surface area contributed by atoms with Crippen molar-refractivity contribution in [1.29, 1.82) is 0 Å². The number of nitrogens with zero attached hydrogens (tertiary/aromatic N) is 5. The Hall–Kier alpha value is -8.87. The lowest BCUT2D eigenvalue weighted by molar-refractivity contribution is 0.0903. The molecule has 5 atom stereocenters. The van der Waals surface area contributed by atoms with Gasteiger partial charge in [0.2, 0.25) is 0 Å². The number of allylic oxidation sites excluding steroid dienone is 1. The van der Waals surface area contributed by atoms with E-state index in [1.807, 2.05) is 153 Å². The highest BCUT2D eigenvalue weighted by atomic mass is 35.5. The number of halogens is 4. The smallest absolute Gasteiger partial charge is 0.272 e. The molecule has 13 rings (SSSR count). The summed E-state index contributed by atoms with van der Waals surface area (Å²) in [7, 11) is 1.65. The van der Waals surface area contributed by atoms with E-state index >= 15 is 0 Å². The molecule has 10 aromatic rings. The summed E-state index contributed by atoms with van der Waals surface area (Å²) < 4.78 is 7.12. The molecule has 20 heteroatoms. The fraction of sp³-hybridized carbons (Fsp3) is 0.295. The summed E-state index contributed by atoms with van der Waals surface area (Å²) in [5.41, 5.74) is 14.9. The Morgan fingerprint density at radius 2 is 1.08 bits per heavy atom. The van der Waals surface area contributed by atoms with Gasteiger partial charge in [-0.3, -0.25) is 29.6 Å². The van der Waals surface area contributed by atoms with Crippen LogP contribution in [0.5, 0.6) is 5.75 Å². The zero-order valence-corrected chi connectivity index (χ0v) is 57.8. The van der Waals surface area contributed by atoms with Crippen molar-refractivity contribution < 1.29 is 29.3 Å². The number of carbonyl (C=O) groups is 3. The summed E-state index contributed by atoms with van der Waals surface area (Å²) in [5.74, 6) is 0.606. The first-order valence-electron chi connectivity index (χ1n) is 33.5. The van der Waals surface area contributed by atoms with Crippen LogP contribution in [-0.4, -0.2) is 83.4 Å². The highest BCUT2D eigenvalue weighted by molar-refractivity contribution is 6.35. The van der Waals surface area contributed by atoms with E-state index in [4.69, 9.17) is 56.2 Å². The van der Waals surface area contributed by atoms with E-state index in [0.29, 0.717) is 32.8 Å². The molecule has 4 aromatic heterocycles. The Balaban J connectivity index is 0.000000150. The monoisotopic (exact) mass is 1390 g/mol. The zero-order valence-electron chi connectivity index (χ0n) is 54.8. The first-order chi connectivity index (χ1) is 47.7. The van der Waals surface area contributed by atoms with E-state index in [0.717, 1.165) is 167 Å². The van der Waals surface area contributed by atoms with Crippen LogP contribution in [0.25, 0.3) is 17.3 Å². The number of H-pyrrole nitrogens is 2. The van der Waals surface area contributed by atoms with Crippen molar-refractivity contribution in [2.45, 2.75) is 127 Å². The van der Waals surface area contributed by atoms with Crippen LogP contribution in [0.1, 0.15) is 193 Å². The lowest BCUT2D eigenvalue weighted by Crippen LogP contribution is -2.31. The molecule has 0 fully saturated rings. The largest absolute Gasteiger partial charge is 0.497 e. The van der Waals surface area contributed by atoms with Gasteiger partial charge in [-0.1, -0.05) is 162 Å². The van der Waals surface area contributed by atoms with Gasteiger partial charge in [0.1, 0.15) is 5.75 Å². The van der Waals surface area contributed by atoms with Crippen LogP contribution in [-0.2, 0) is 32.1 Å². The summed E-state index contributed by atoms with van der Waals surface area (Å²) in [6.45, 7) is 1.58. The fourth-order valence-corrected chi connectivity index (χ4v) is 14.3. The van der Waals surface area contributed by atoms with Gasteiger partial charge < -0.3 is 30.9 Å². The number of aliphatic hydroxyl groups excluding tert-OH is 2. The van der Waals surface area contributed by atoms with Crippen molar-refractivity contribution in [3.05, 3.63) is 281 Å². The van der Waals surface area contributed by atoms with Gasteiger partial charge in [0.15, 0.2) is 17.1 Å². The molecule has 3 amide bonds. The maximum Gasteiger partial charge on any atom is 0.272 e. The predicted octanol–water partition coefficient (Wildman–Crippen LogP) is 16.5. The number of carbonyl (C=O) groups excluding carboxylic acids is 3. The Kier molecular flexibility index (Phi) is 24.5. The Morgan fingerprint density at radius 1 is 0.571 bits per heavy atom. The lowest BCUT2D eigenvalue weighted by Gasteiger charge is -2.17. The van der Waals surface area contributed by atoms with Crippen molar-refractivity contribution in [3.8, 4) is 11.4 Å². The summed E-state index contributed by atoms with van der Waals surface area (Å²) in [5, 5.41) is 50.9. The third-order valence-electron chi connectivity index (χ3n) is 18.3. The SMILES string of the molecule is COc1ccc(/C=C2\CCCCc3c(C(=O)N[C@H](C)c4ccccn4)nn(-c4ccc(Cl)cc4Cl)c32)cc1.O=C(N[C@@H](CO)c1ccccc1)c1n[nH]c2c1CCCC[C@@H]2Cc1cccc(Cl)c1.O=C(N[C@@H](CO)c1ccccc1)c1n[nH]c2c1CCCC[C@H]2Cc1cccc(Cl)c1. The number of amides is 3. The number of methoxy groups -OCH3 is 1. The molecule has 7 N–H and O–H groups in total. The number of benzene rings is 6. The second-order valence-corrected chi connectivity index (χ2v) is 26.7. The average Bonchev–Trinajstić information content (AvgIpc) is 1.49. The topological polar surface area (TPSA) is 225 Å². The maximum atomic E-state index is 13.6. The molecule has 3 aliphatic rings. The molecule has 0 aliphatic heterocycles. The number of aliphatic hydroxyl groups is 2. The summed E-state index contributed by atoms with van der Waals surface area (Å²) >= 11 is 25.2. The number of fused-ring (bicyclic) bond motifs is 3. The van der Waals surface area contributed by atoms with Gasteiger partial charge in [-0.15, -0.1) is 0 Å². The quantitative estimate of drug-likeness (QED) is 0.0402. The second kappa shape index (κ2) is 34.1. The molecule has 98 heavy (non-hydrogen) atoms. The van der Waals surface area contributed by atoms with Gasteiger partial charge >= 0.3 is 0 Å². The van der Waals surface area contributed by atoms with E-state index < -0.39 is 12.1 Å². The number of aromatic amines is 2. The van der Waals surface area contributed by atoms with Crippen LogP contribution in [0.15, 0.2) is 176 Å². The van der Waals surface area contributed by atoms with Crippen molar-refractivity contribution >= 4 is 75.8 Å². The molecule has 506 valence electrons. The molecule has 0 unspecified atom stereocenters. The number of pyridine rings is 1. The van der Waals surface area contributed by atoms with Crippen LogP contribution in [0.3, 0.4) is 0 Å². The van der Waals surface area contributed by atoms with Crippen LogP contribution in [0.4, 0.5) is 0 Å². The van der Waals surface area contributed by atoms with E-state index in [9.17, 15) is 24.6 Å². The number of nitrogens with one attached hydrogen (secondary N) is 5. The predicted molar refractivity (Wildman–Crippen MR) is 388 cm³/mol.